The van der Waals surface area contributed by atoms with Gasteiger partial charge in [0.25, 0.3) is 5.56 Å². The van der Waals surface area contributed by atoms with E-state index in [-0.39, 0.29) is 12.3 Å². The number of rotatable bonds is 2. The van der Waals surface area contributed by atoms with Gasteiger partial charge in [-0.1, -0.05) is 26.3 Å². The molecule has 1 aromatic heterocycles. The highest BCUT2D eigenvalue weighted by molar-refractivity contribution is 6.44. The summed E-state index contributed by atoms with van der Waals surface area (Å²) in [4.78, 5) is 25.9. The van der Waals surface area contributed by atoms with Gasteiger partial charge < -0.3 is 4.74 Å². The van der Waals surface area contributed by atoms with E-state index in [4.69, 9.17) is 4.74 Å². The minimum Gasteiger partial charge on any atom is -0.354 e. The highest BCUT2D eigenvalue weighted by Gasteiger charge is 2.32. The third-order valence-electron chi connectivity index (χ3n) is 3.54. The first-order valence-corrected chi connectivity index (χ1v) is 8.25. The lowest BCUT2D eigenvalue weighted by atomic mass is 10.0. The van der Waals surface area contributed by atoms with Crippen LogP contribution in [0.15, 0.2) is 15.8 Å². The van der Waals surface area contributed by atoms with E-state index in [9.17, 15) is 9.59 Å². The van der Waals surface area contributed by atoms with Crippen LogP contribution in [0.4, 0.5) is 0 Å². The summed E-state index contributed by atoms with van der Waals surface area (Å²) in [6.07, 6.45) is 3.05. The molecule has 1 aliphatic rings. The Kier molecular flexibility index (Phi) is 4.63. The van der Waals surface area contributed by atoms with Gasteiger partial charge in [0, 0.05) is 6.20 Å². The summed E-state index contributed by atoms with van der Waals surface area (Å²) in [6.45, 7) is 6.12. The average molecular weight is 291 g/mol. The zero-order valence-electron chi connectivity index (χ0n) is 11.9. The van der Waals surface area contributed by atoms with Crippen molar-refractivity contribution in [2.75, 3.05) is 0 Å². The summed E-state index contributed by atoms with van der Waals surface area (Å²) < 4.78 is 7.34. The molecule has 106 valence electrons. The van der Waals surface area contributed by atoms with Gasteiger partial charge in [-0.3, -0.25) is 14.3 Å². The van der Waals surface area contributed by atoms with Crippen LogP contribution in [0.2, 0.25) is 6.55 Å². The zero-order chi connectivity index (χ0) is 14.7. The number of hydrogen-bond acceptors (Lipinski definition) is 3. The Morgan fingerprint density at radius 1 is 1.55 bits per heavy atom. The topological polar surface area (TPSA) is 64.1 Å². The smallest absolute Gasteiger partial charge is 0.330 e. The van der Waals surface area contributed by atoms with Crippen molar-refractivity contribution in [2.24, 2.45) is 5.92 Å². The van der Waals surface area contributed by atoms with Gasteiger partial charge in [-0.2, -0.15) is 0 Å². The first-order chi connectivity index (χ1) is 9.56. The molecule has 0 saturated carbocycles. The fraction of sp³-hybridized carbons (Fsp3) is 0.571. The first kappa shape index (κ1) is 14.8. The van der Waals surface area contributed by atoms with Gasteiger partial charge in [0.2, 0.25) is 0 Å². The number of H-pyrrole nitrogens is 1. The molecule has 6 heteroatoms. The maximum absolute atomic E-state index is 11.9. The van der Waals surface area contributed by atoms with Gasteiger partial charge in [0.15, 0.2) is 0 Å². The summed E-state index contributed by atoms with van der Waals surface area (Å²) in [7, 11) is 0.440. The molecule has 3 atom stereocenters. The molecular weight excluding hydrogens is 273 g/mol. The summed E-state index contributed by atoms with van der Waals surface area (Å²) in [6, 6.07) is 0. The van der Waals surface area contributed by atoms with Gasteiger partial charge in [-0.05, 0) is 18.8 Å². The minimum atomic E-state index is -0.437. The molecule has 0 aliphatic carbocycles. The minimum absolute atomic E-state index is 0.158. The molecule has 3 unspecified atom stereocenters. The van der Waals surface area contributed by atoms with E-state index in [0.29, 0.717) is 21.0 Å². The summed E-state index contributed by atoms with van der Waals surface area (Å²) in [5.74, 6) is 3.19. The van der Waals surface area contributed by atoms with Crippen molar-refractivity contribution in [3.05, 3.63) is 32.6 Å². The Labute approximate surface area is 120 Å². The Balaban J connectivity index is 2.38. The summed E-state index contributed by atoms with van der Waals surface area (Å²) in [5, 5.41) is 0. The van der Waals surface area contributed by atoms with Crippen LogP contribution in [-0.2, 0) is 4.74 Å². The lowest BCUT2D eigenvalue weighted by Gasteiger charge is -2.15. The number of aromatic nitrogens is 2. The van der Waals surface area contributed by atoms with Gasteiger partial charge in [0.1, 0.15) is 21.3 Å². The second-order valence-corrected chi connectivity index (χ2v) is 5.71. The van der Waals surface area contributed by atoms with Gasteiger partial charge in [-0.25, -0.2) is 4.79 Å². The normalized spacial score (nSPS) is 25.2. The maximum atomic E-state index is 11.9. The number of nitrogens with zero attached hydrogens (tertiary/aromatic N) is 1. The largest absolute Gasteiger partial charge is 0.354 e. The summed E-state index contributed by atoms with van der Waals surface area (Å²) in [5.41, 5.74) is 2.32. The Morgan fingerprint density at radius 2 is 2.30 bits per heavy atom. The molecule has 2 heterocycles. The third-order valence-corrected chi connectivity index (χ3v) is 3.92. The van der Waals surface area contributed by atoms with Crippen molar-refractivity contribution in [1.29, 1.82) is 0 Å². The number of hydrogen-bond donors (Lipinski definition) is 1. The fourth-order valence-corrected chi connectivity index (χ4v) is 2.72. The van der Waals surface area contributed by atoms with E-state index in [1.807, 2.05) is 6.55 Å². The molecule has 1 saturated heterocycles. The molecule has 2 radical (unpaired) electrons. The van der Waals surface area contributed by atoms with E-state index in [1.54, 1.807) is 0 Å². The van der Waals surface area contributed by atoms with Crippen LogP contribution in [-0.4, -0.2) is 25.2 Å². The SMILES string of the molecule is CCC1OC(n2cc([13C]#C[Si]C)c(=O)[nH]c2=O)CC1C. The molecule has 1 N–H and O–H groups in total. The van der Waals surface area contributed by atoms with Crippen LogP contribution in [0.5, 0.6) is 0 Å². The summed E-state index contributed by atoms with van der Waals surface area (Å²) >= 11 is 0. The Morgan fingerprint density at radius 3 is 2.90 bits per heavy atom. The molecule has 20 heavy (non-hydrogen) atoms. The van der Waals surface area contributed by atoms with Crippen LogP contribution < -0.4 is 11.2 Å². The van der Waals surface area contributed by atoms with Crippen molar-refractivity contribution in [1.82, 2.24) is 9.55 Å². The molecule has 1 aliphatic heterocycles. The lowest BCUT2D eigenvalue weighted by molar-refractivity contribution is -0.00762. The number of aromatic amines is 1. The number of nitrogens with one attached hydrogen (secondary N) is 1. The Hall–Kier alpha value is -1.58. The van der Waals surface area contributed by atoms with Gasteiger partial charge in [-0.15, -0.1) is 5.54 Å². The number of ether oxygens (including phenoxy) is 1. The molecule has 0 aromatic carbocycles. The van der Waals surface area contributed by atoms with E-state index in [1.165, 1.54) is 10.8 Å². The fourth-order valence-electron chi connectivity index (χ4n) is 2.46. The van der Waals surface area contributed by atoms with Crippen molar-refractivity contribution >= 4 is 9.52 Å². The molecule has 5 nitrogen and oxygen atoms in total. The van der Waals surface area contributed by atoms with Gasteiger partial charge in [0.05, 0.1) is 6.10 Å². The molecule has 0 amide bonds. The van der Waals surface area contributed by atoms with E-state index < -0.39 is 11.2 Å². The molecule has 1 aromatic rings. The second kappa shape index (κ2) is 6.24. The monoisotopic (exact) mass is 291 g/mol. The van der Waals surface area contributed by atoms with E-state index in [0.717, 1.165) is 12.8 Å². The van der Waals surface area contributed by atoms with E-state index in [2.05, 4.69) is 30.3 Å². The van der Waals surface area contributed by atoms with Crippen molar-refractivity contribution in [2.45, 2.75) is 45.6 Å². The van der Waals surface area contributed by atoms with Crippen LogP contribution in [0.3, 0.4) is 0 Å². The van der Waals surface area contributed by atoms with Crippen molar-refractivity contribution in [3.8, 4) is 11.5 Å². The second-order valence-electron chi connectivity index (χ2n) is 4.96. The zero-order valence-corrected chi connectivity index (χ0v) is 12.9. The van der Waals surface area contributed by atoms with Crippen molar-refractivity contribution < 1.29 is 4.74 Å². The third kappa shape index (κ3) is 2.94. The quantitative estimate of drug-likeness (QED) is 0.501. The van der Waals surface area contributed by atoms with E-state index >= 15 is 0 Å². The molecule has 2 rings (SSSR count). The van der Waals surface area contributed by atoms with Crippen LogP contribution in [0.25, 0.3) is 0 Å². The average Bonchev–Trinajstić information content (AvgIpc) is 2.79. The van der Waals surface area contributed by atoms with Crippen LogP contribution in [0.1, 0.15) is 38.5 Å². The van der Waals surface area contributed by atoms with Gasteiger partial charge >= 0.3 is 5.69 Å². The highest BCUT2D eigenvalue weighted by Crippen LogP contribution is 2.33. The van der Waals surface area contributed by atoms with Crippen molar-refractivity contribution in [3.63, 3.8) is 0 Å². The van der Waals surface area contributed by atoms with Crippen LogP contribution >= 0.6 is 0 Å². The molecule has 1 fully saturated rings. The molecular formula is C14H18N2O3Si. The first-order valence-electron chi connectivity index (χ1n) is 6.75. The lowest BCUT2D eigenvalue weighted by Crippen LogP contribution is -2.33. The maximum Gasteiger partial charge on any atom is 0.330 e. The Bertz CT molecular complexity index is 653. The molecule has 0 spiro atoms. The van der Waals surface area contributed by atoms with Crippen LogP contribution in [0, 0.1) is 17.4 Å². The standard InChI is InChI=1S/C14H18N2O3Si/c1-4-11-9(2)7-12(19-11)16-8-10(5-6-20-3)13(17)15-14(16)18/h8-9,11-12H,4,7H2,1-3H3,(H,15,17,18)/i5+1. The molecule has 0 bridgehead atoms. The predicted octanol–water partition coefficient (Wildman–Crippen LogP) is 0.931. The highest BCUT2D eigenvalue weighted by atomic mass is 28.2. The predicted molar refractivity (Wildman–Crippen MR) is 77.8 cm³/mol.